The second-order valence-electron chi connectivity index (χ2n) is 3.45. The molecule has 86 valence electrons. The van der Waals surface area contributed by atoms with Crippen LogP contribution in [0.5, 0.6) is 0 Å². The summed E-state index contributed by atoms with van der Waals surface area (Å²) < 4.78 is 10.2. The number of aromatic amines is 1. The van der Waals surface area contributed by atoms with E-state index < -0.39 is 0 Å². The highest BCUT2D eigenvalue weighted by atomic mass is 16.7. The molecule has 0 aliphatic heterocycles. The van der Waals surface area contributed by atoms with E-state index in [4.69, 9.17) is 9.47 Å². The first-order valence-corrected chi connectivity index (χ1v) is 5.06. The Morgan fingerprint density at radius 1 is 1.38 bits per heavy atom. The maximum atomic E-state index is 5.09. The molecule has 1 heterocycles. The number of nitrogens with zero attached hydrogens (tertiary/aromatic N) is 1. The molecule has 5 nitrogen and oxygen atoms in total. The predicted molar refractivity (Wildman–Crippen MR) is 62.4 cm³/mol. The molecule has 16 heavy (non-hydrogen) atoms. The van der Waals surface area contributed by atoms with E-state index in [9.17, 15) is 0 Å². The smallest absolute Gasteiger partial charge is 0.173 e. The number of hydrogen-bond donors (Lipinski definition) is 2. The molecule has 0 spiro atoms. The highest BCUT2D eigenvalue weighted by Crippen LogP contribution is 2.16. The number of aromatic nitrogens is 2. The quantitative estimate of drug-likeness (QED) is 0.753. The van der Waals surface area contributed by atoms with Gasteiger partial charge in [0.15, 0.2) is 6.29 Å². The van der Waals surface area contributed by atoms with Gasteiger partial charge in [-0.2, -0.15) is 5.10 Å². The summed E-state index contributed by atoms with van der Waals surface area (Å²) in [4.78, 5) is 0. The lowest BCUT2D eigenvalue weighted by Crippen LogP contribution is -2.23. The summed E-state index contributed by atoms with van der Waals surface area (Å²) >= 11 is 0. The molecule has 5 heteroatoms. The lowest BCUT2D eigenvalue weighted by atomic mass is 10.2. The van der Waals surface area contributed by atoms with Crippen molar-refractivity contribution >= 4 is 16.6 Å². The Kier molecular flexibility index (Phi) is 3.38. The molecule has 0 aliphatic rings. The lowest BCUT2D eigenvalue weighted by Gasteiger charge is -2.14. The fourth-order valence-corrected chi connectivity index (χ4v) is 1.51. The van der Waals surface area contributed by atoms with Crippen LogP contribution < -0.4 is 5.32 Å². The minimum Gasteiger partial charge on any atom is -0.380 e. The van der Waals surface area contributed by atoms with E-state index in [2.05, 4.69) is 15.5 Å². The van der Waals surface area contributed by atoms with E-state index >= 15 is 0 Å². The zero-order chi connectivity index (χ0) is 11.4. The van der Waals surface area contributed by atoms with Crippen LogP contribution in [0.4, 0.5) is 5.69 Å². The van der Waals surface area contributed by atoms with Gasteiger partial charge < -0.3 is 14.8 Å². The van der Waals surface area contributed by atoms with E-state index in [0.717, 1.165) is 16.6 Å². The molecule has 0 bridgehead atoms. The van der Waals surface area contributed by atoms with Crippen molar-refractivity contribution in [1.29, 1.82) is 0 Å². The van der Waals surface area contributed by atoms with E-state index in [1.165, 1.54) is 0 Å². The Morgan fingerprint density at radius 2 is 2.19 bits per heavy atom. The Bertz CT molecular complexity index is 451. The number of rotatable bonds is 5. The molecule has 2 aromatic rings. The van der Waals surface area contributed by atoms with Crippen LogP contribution in [-0.2, 0) is 9.47 Å². The number of fused-ring (bicyclic) bond motifs is 1. The Hall–Kier alpha value is -1.59. The molecule has 1 aromatic carbocycles. The van der Waals surface area contributed by atoms with Crippen LogP contribution >= 0.6 is 0 Å². The minimum absolute atomic E-state index is 0.238. The third-order valence-electron chi connectivity index (χ3n) is 2.44. The van der Waals surface area contributed by atoms with Crippen molar-refractivity contribution < 1.29 is 9.47 Å². The van der Waals surface area contributed by atoms with Crippen LogP contribution in [0.3, 0.4) is 0 Å². The normalized spacial score (nSPS) is 11.2. The fourth-order valence-electron chi connectivity index (χ4n) is 1.51. The maximum absolute atomic E-state index is 5.09. The van der Waals surface area contributed by atoms with Gasteiger partial charge in [0.1, 0.15) is 0 Å². The third-order valence-corrected chi connectivity index (χ3v) is 2.44. The van der Waals surface area contributed by atoms with Crippen molar-refractivity contribution in [2.75, 3.05) is 26.1 Å². The highest BCUT2D eigenvalue weighted by molar-refractivity contribution is 5.81. The molecule has 2 N–H and O–H groups in total. The second-order valence-corrected chi connectivity index (χ2v) is 3.45. The van der Waals surface area contributed by atoms with Gasteiger partial charge in [0.05, 0.1) is 18.3 Å². The van der Waals surface area contributed by atoms with Crippen LogP contribution in [0.25, 0.3) is 10.9 Å². The van der Waals surface area contributed by atoms with Crippen molar-refractivity contribution in [3.8, 4) is 0 Å². The summed E-state index contributed by atoms with van der Waals surface area (Å²) in [6.07, 6.45) is 1.56. The average molecular weight is 221 g/mol. The van der Waals surface area contributed by atoms with Crippen molar-refractivity contribution in [3.05, 3.63) is 24.4 Å². The summed E-state index contributed by atoms with van der Waals surface area (Å²) in [7, 11) is 3.24. The standard InChI is InChI=1S/C11H15N3O2/c1-15-11(16-2)7-12-9-4-3-8-6-13-14-10(8)5-9/h3-6,11-12H,7H2,1-2H3,(H,13,14). The first kappa shape index (κ1) is 10.9. The molecule has 0 unspecified atom stereocenters. The summed E-state index contributed by atoms with van der Waals surface area (Å²) in [5.74, 6) is 0. The SMILES string of the molecule is COC(CNc1ccc2cn[nH]c2c1)OC. The van der Waals surface area contributed by atoms with Crippen molar-refractivity contribution in [2.45, 2.75) is 6.29 Å². The van der Waals surface area contributed by atoms with Crippen LogP contribution in [-0.4, -0.2) is 37.3 Å². The highest BCUT2D eigenvalue weighted by Gasteiger charge is 2.04. The van der Waals surface area contributed by atoms with Crippen LogP contribution in [0, 0.1) is 0 Å². The first-order chi connectivity index (χ1) is 7.83. The molecule has 0 aliphatic carbocycles. The van der Waals surface area contributed by atoms with Gasteiger partial charge in [-0.05, 0) is 18.2 Å². The predicted octanol–water partition coefficient (Wildman–Crippen LogP) is 1.59. The Labute approximate surface area is 93.7 Å². The molecule has 0 fully saturated rings. The molecule has 2 rings (SSSR count). The summed E-state index contributed by atoms with van der Waals surface area (Å²) in [5, 5.41) is 11.2. The number of nitrogens with one attached hydrogen (secondary N) is 2. The maximum Gasteiger partial charge on any atom is 0.173 e. The monoisotopic (exact) mass is 221 g/mol. The molecule has 0 saturated heterocycles. The van der Waals surface area contributed by atoms with E-state index in [0.29, 0.717) is 6.54 Å². The van der Waals surface area contributed by atoms with Gasteiger partial charge in [-0.25, -0.2) is 0 Å². The van der Waals surface area contributed by atoms with Crippen LogP contribution in [0.15, 0.2) is 24.4 Å². The number of hydrogen-bond acceptors (Lipinski definition) is 4. The lowest BCUT2D eigenvalue weighted by molar-refractivity contribution is -0.0914. The summed E-state index contributed by atoms with van der Waals surface area (Å²) in [5.41, 5.74) is 2.02. The molecular weight excluding hydrogens is 206 g/mol. The fraction of sp³-hybridized carbons (Fsp3) is 0.364. The van der Waals surface area contributed by atoms with Gasteiger partial charge in [-0.1, -0.05) is 0 Å². The Balaban J connectivity index is 2.03. The van der Waals surface area contributed by atoms with E-state index in [-0.39, 0.29) is 6.29 Å². The molecule has 0 saturated carbocycles. The topological polar surface area (TPSA) is 59.2 Å². The largest absolute Gasteiger partial charge is 0.380 e. The number of ether oxygens (including phenoxy) is 2. The second kappa shape index (κ2) is 4.96. The molecule has 0 atom stereocenters. The van der Waals surface area contributed by atoms with Gasteiger partial charge in [-0.3, -0.25) is 5.10 Å². The number of methoxy groups -OCH3 is 2. The van der Waals surface area contributed by atoms with Crippen molar-refractivity contribution in [1.82, 2.24) is 10.2 Å². The molecule has 0 amide bonds. The number of anilines is 1. The van der Waals surface area contributed by atoms with Crippen molar-refractivity contribution in [3.63, 3.8) is 0 Å². The van der Waals surface area contributed by atoms with Gasteiger partial charge >= 0.3 is 0 Å². The summed E-state index contributed by atoms with van der Waals surface area (Å²) in [6.45, 7) is 0.604. The van der Waals surface area contributed by atoms with Crippen molar-refractivity contribution in [2.24, 2.45) is 0 Å². The van der Waals surface area contributed by atoms with Crippen LogP contribution in [0.2, 0.25) is 0 Å². The van der Waals surface area contributed by atoms with Gasteiger partial charge in [0.25, 0.3) is 0 Å². The molecular formula is C11H15N3O2. The summed E-state index contributed by atoms with van der Waals surface area (Å²) in [6, 6.07) is 6.01. The third kappa shape index (κ3) is 2.32. The number of benzene rings is 1. The number of H-pyrrole nitrogens is 1. The minimum atomic E-state index is -0.238. The van der Waals surface area contributed by atoms with E-state index in [1.54, 1.807) is 20.4 Å². The zero-order valence-electron chi connectivity index (χ0n) is 9.36. The van der Waals surface area contributed by atoms with Gasteiger partial charge in [0.2, 0.25) is 0 Å². The molecule has 0 radical (unpaired) electrons. The van der Waals surface area contributed by atoms with Gasteiger partial charge in [-0.15, -0.1) is 0 Å². The van der Waals surface area contributed by atoms with E-state index in [1.807, 2.05) is 18.2 Å². The first-order valence-electron chi connectivity index (χ1n) is 5.06. The molecule has 1 aromatic heterocycles. The van der Waals surface area contributed by atoms with Gasteiger partial charge in [0, 0.05) is 25.3 Å². The van der Waals surface area contributed by atoms with Crippen LogP contribution in [0.1, 0.15) is 0 Å². The Morgan fingerprint density at radius 3 is 2.94 bits per heavy atom. The average Bonchev–Trinajstić information content (AvgIpc) is 2.77. The zero-order valence-corrected chi connectivity index (χ0v) is 9.36.